The van der Waals surface area contributed by atoms with Gasteiger partial charge >= 0.3 is 0 Å². The Morgan fingerprint density at radius 2 is 2.13 bits per heavy atom. The standard InChI is InChI=1S/C18H19N3OS/c1-12(9-13-5-3-2-4-6-13)22-17-16-14-7-8-19-10-15(14)23-18(16)21-11-20-17/h2-6,11-12,19H,7-10H2,1H3/t12-/m1/s1. The van der Waals surface area contributed by atoms with E-state index in [4.69, 9.17) is 4.74 Å². The highest BCUT2D eigenvalue weighted by atomic mass is 32.1. The largest absolute Gasteiger partial charge is 0.474 e. The monoisotopic (exact) mass is 325 g/mol. The van der Waals surface area contributed by atoms with Crippen molar-refractivity contribution in [2.24, 2.45) is 0 Å². The van der Waals surface area contributed by atoms with E-state index in [1.165, 1.54) is 16.0 Å². The normalized spacial score (nSPS) is 15.3. The highest BCUT2D eigenvalue weighted by molar-refractivity contribution is 7.18. The molecule has 4 rings (SSSR count). The predicted molar refractivity (Wildman–Crippen MR) is 93.1 cm³/mol. The third-order valence-electron chi connectivity index (χ3n) is 4.15. The van der Waals surface area contributed by atoms with E-state index in [0.29, 0.717) is 0 Å². The smallest absolute Gasteiger partial charge is 0.225 e. The number of hydrogen-bond acceptors (Lipinski definition) is 5. The van der Waals surface area contributed by atoms with E-state index in [9.17, 15) is 0 Å². The Morgan fingerprint density at radius 3 is 3.00 bits per heavy atom. The molecule has 1 aromatic carbocycles. The number of ether oxygens (including phenoxy) is 1. The van der Waals surface area contributed by atoms with E-state index >= 15 is 0 Å². The quantitative estimate of drug-likeness (QED) is 0.799. The average Bonchev–Trinajstić information content (AvgIpc) is 2.95. The summed E-state index contributed by atoms with van der Waals surface area (Å²) in [6, 6.07) is 10.4. The summed E-state index contributed by atoms with van der Waals surface area (Å²) < 4.78 is 6.19. The molecule has 1 atom stereocenters. The van der Waals surface area contributed by atoms with Crippen LogP contribution in [0, 0.1) is 0 Å². The predicted octanol–water partition coefficient (Wildman–Crippen LogP) is 3.35. The molecule has 0 fully saturated rings. The Bertz CT molecular complexity index is 816. The van der Waals surface area contributed by atoms with Gasteiger partial charge in [-0.25, -0.2) is 9.97 Å². The van der Waals surface area contributed by atoms with Crippen molar-refractivity contribution < 1.29 is 4.74 Å². The highest BCUT2D eigenvalue weighted by Crippen LogP contribution is 2.36. The molecule has 118 valence electrons. The van der Waals surface area contributed by atoms with Crippen LogP contribution >= 0.6 is 11.3 Å². The maximum absolute atomic E-state index is 6.19. The third kappa shape index (κ3) is 2.94. The Kier molecular flexibility index (Phi) is 3.97. The van der Waals surface area contributed by atoms with Gasteiger partial charge in [0.2, 0.25) is 5.88 Å². The fourth-order valence-corrected chi connectivity index (χ4v) is 4.25. The number of aromatic nitrogens is 2. The van der Waals surface area contributed by atoms with Crippen molar-refractivity contribution in [1.82, 2.24) is 15.3 Å². The topological polar surface area (TPSA) is 47.0 Å². The van der Waals surface area contributed by atoms with E-state index in [-0.39, 0.29) is 6.10 Å². The molecule has 0 saturated carbocycles. The van der Waals surface area contributed by atoms with Crippen LogP contribution in [0.3, 0.4) is 0 Å². The zero-order valence-electron chi connectivity index (χ0n) is 13.1. The molecule has 1 N–H and O–H groups in total. The molecule has 3 heterocycles. The van der Waals surface area contributed by atoms with Crippen LogP contribution in [0.5, 0.6) is 5.88 Å². The lowest BCUT2D eigenvalue weighted by molar-refractivity contribution is 0.216. The van der Waals surface area contributed by atoms with E-state index in [1.54, 1.807) is 17.7 Å². The van der Waals surface area contributed by atoms with Crippen LogP contribution in [0.25, 0.3) is 10.2 Å². The number of nitrogens with one attached hydrogen (secondary N) is 1. The Labute approximate surface area is 139 Å². The average molecular weight is 325 g/mol. The number of hydrogen-bond donors (Lipinski definition) is 1. The van der Waals surface area contributed by atoms with Crippen molar-refractivity contribution in [1.29, 1.82) is 0 Å². The van der Waals surface area contributed by atoms with Gasteiger partial charge in [-0.1, -0.05) is 30.3 Å². The Hall–Kier alpha value is -1.98. The van der Waals surface area contributed by atoms with E-state index in [0.717, 1.165) is 42.0 Å². The first-order valence-electron chi connectivity index (χ1n) is 7.98. The van der Waals surface area contributed by atoms with Crippen molar-refractivity contribution in [2.75, 3.05) is 6.54 Å². The van der Waals surface area contributed by atoms with Crippen molar-refractivity contribution >= 4 is 21.6 Å². The highest BCUT2D eigenvalue weighted by Gasteiger charge is 2.21. The molecule has 4 nitrogen and oxygen atoms in total. The summed E-state index contributed by atoms with van der Waals surface area (Å²) in [5.41, 5.74) is 2.65. The summed E-state index contributed by atoms with van der Waals surface area (Å²) >= 11 is 1.75. The van der Waals surface area contributed by atoms with Gasteiger partial charge in [-0.3, -0.25) is 0 Å². The van der Waals surface area contributed by atoms with Crippen LogP contribution in [-0.2, 0) is 19.4 Å². The number of fused-ring (bicyclic) bond motifs is 3. The lowest BCUT2D eigenvalue weighted by atomic mass is 10.1. The zero-order chi connectivity index (χ0) is 15.6. The van der Waals surface area contributed by atoms with Crippen LogP contribution in [-0.4, -0.2) is 22.6 Å². The van der Waals surface area contributed by atoms with Gasteiger partial charge in [0.1, 0.15) is 17.3 Å². The molecule has 0 aliphatic carbocycles. The number of benzene rings is 1. The molecule has 0 unspecified atom stereocenters. The summed E-state index contributed by atoms with van der Waals surface area (Å²) in [6.07, 6.45) is 3.59. The molecule has 0 radical (unpaired) electrons. The van der Waals surface area contributed by atoms with Gasteiger partial charge in [-0.05, 0) is 31.0 Å². The van der Waals surface area contributed by atoms with Gasteiger partial charge in [-0.15, -0.1) is 11.3 Å². The van der Waals surface area contributed by atoms with Gasteiger partial charge in [0.25, 0.3) is 0 Å². The van der Waals surface area contributed by atoms with E-state index in [2.05, 4.69) is 46.5 Å². The molecule has 23 heavy (non-hydrogen) atoms. The van der Waals surface area contributed by atoms with Crippen LogP contribution in [0.1, 0.15) is 22.9 Å². The maximum atomic E-state index is 6.19. The second kappa shape index (κ2) is 6.26. The number of rotatable bonds is 4. The van der Waals surface area contributed by atoms with Crippen LogP contribution in [0.2, 0.25) is 0 Å². The number of nitrogens with zero attached hydrogens (tertiary/aromatic N) is 2. The molecule has 2 aromatic heterocycles. The summed E-state index contributed by atoms with van der Waals surface area (Å²) in [6.45, 7) is 4.03. The molecule has 0 bridgehead atoms. The molecule has 1 aliphatic heterocycles. The van der Waals surface area contributed by atoms with Gasteiger partial charge in [0.15, 0.2) is 0 Å². The van der Waals surface area contributed by atoms with Crippen molar-refractivity contribution in [3.8, 4) is 5.88 Å². The fourth-order valence-electron chi connectivity index (χ4n) is 3.10. The summed E-state index contributed by atoms with van der Waals surface area (Å²) in [5, 5.41) is 4.54. The Balaban J connectivity index is 1.62. The molecule has 0 saturated heterocycles. The summed E-state index contributed by atoms with van der Waals surface area (Å²) in [5.74, 6) is 0.734. The fraction of sp³-hybridized carbons (Fsp3) is 0.333. The first-order chi connectivity index (χ1) is 11.3. The summed E-state index contributed by atoms with van der Waals surface area (Å²) in [4.78, 5) is 11.3. The first kappa shape index (κ1) is 14.6. The van der Waals surface area contributed by atoms with Gasteiger partial charge in [0, 0.05) is 17.8 Å². The molecule has 3 aromatic rings. The van der Waals surface area contributed by atoms with Crippen LogP contribution in [0.4, 0.5) is 0 Å². The second-order valence-electron chi connectivity index (χ2n) is 5.91. The van der Waals surface area contributed by atoms with Crippen LogP contribution in [0.15, 0.2) is 36.7 Å². The Morgan fingerprint density at radius 1 is 1.26 bits per heavy atom. The van der Waals surface area contributed by atoms with Gasteiger partial charge in [0.05, 0.1) is 5.39 Å². The van der Waals surface area contributed by atoms with E-state index < -0.39 is 0 Å². The first-order valence-corrected chi connectivity index (χ1v) is 8.79. The third-order valence-corrected chi connectivity index (χ3v) is 5.29. The minimum Gasteiger partial charge on any atom is -0.474 e. The molecular weight excluding hydrogens is 306 g/mol. The molecule has 5 heteroatoms. The SMILES string of the molecule is C[C@H](Cc1ccccc1)Oc1ncnc2sc3c(c12)CCNC3. The van der Waals surface area contributed by atoms with E-state index in [1.807, 2.05) is 6.07 Å². The lowest BCUT2D eigenvalue weighted by Gasteiger charge is -2.16. The molecule has 0 spiro atoms. The molecular formula is C18H19N3OS. The molecule has 1 aliphatic rings. The minimum absolute atomic E-state index is 0.0766. The number of thiophene rings is 1. The summed E-state index contributed by atoms with van der Waals surface area (Å²) in [7, 11) is 0. The second-order valence-corrected chi connectivity index (χ2v) is 6.99. The molecule has 0 amide bonds. The van der Waals surface area contributed by atoms with Crippen molar-refractivity contribution in [2.45, 2.75) is 32.4 Å². The van der Waals surface area contributed by atoms with Crippen molar-refractivity contribution in [3.63, 3.8) is 0 Å². The van der Waals surface area contributed by atoms with Gasteiger partial charge < -0.3 is 10.1 Å². The lowest BCUT2D eigenvalue weighted by Crippen LogP contribution is -2.22. The minimum atomic E-state index is 0.0766. The van der Waals surface area contributed by atoms with Gasteiger partial charge in [-0.2, -0.15) is 0 Å². The van der Waals surface area contributed by atoms with Crippen molar-refractivity contribution in [3.05, 3.63) is 52.7 Å². The maximum Gasteiger partial charge on any atom is 0.225 e. The zero-order valence-corrected chi connectivity index (χ0v) is 13.9. The van der Waals surface area contributed by atoms with Crippen LogP contribution < -0.4 is 10.1 Å².